The van der Waals surface area contributed by atoms with E-state index >= 15 is 0 Å². The Labute approximate surface area is 100 Å². The lowest BCUT2D eigenvalue weighted by atomic mass is 9.90. The van der Waals surface area contributed by atoms with E-state index in [0.717, 1.165) is 6.42 Å². The van der Waals surface area contributed by atoms with Crippen LogP contribution in [-0.4, -0.2) is 22.4 Å². The van der Waals surface area contributed by atoms with E-state index in [1.807, 2.05) is 0 Å². The molecule has 0 aromatic carbocycles. The number of hydrogen-bond donors (Lipinski definition) is 1. The van der Waals surface area contributed by atoms with Gasteiger partial charge in [-0.3, -0.25) is 0 Å². The molecule has 0 fully saturated rings. The Balaban J connectivity index is 2.64. The minimum Gasteiger partial charge on any atom is -0.367 e. The number of rotatable bonds is 5. The number of nitrogens with zero attached hydrogens (tertiary/aromatic N) is 2. The molecule has 1 aromatic heterocycles. The summed E-state index contributed by atoms with van der Waals surface area (Å²) in [6, 6.07) is 0. The van der Waals surface area contributed by atoms with E-state index in [2.05, 4.69) is 29.1 Å². The van der Waals surface area contributed by atoms with Crippen molar-refractivity contribution in [3.8, 4) is 0 Å². The van der Waals surface area contributed by atoms with Gasteiger partial charge >= 0.3 is 0 Å². The Morgan fingerprint density at radius 3 is 2.75 bits per heavy atom. The molecule has 90 valence electrons. The van der Waals surface area contributed by atoms with Gasteiger partial charge < -0.3 is 5.32 Å². The van der Waals surface area contributed by atoms with Gasteiger partial charge in [0.15, 0.2) is 11.6 Å². The van der Waals surface area contributed by atoms with Crippen LogP contribution in [0.3, 0.4) is 0 Å². The van der Waals surface area contributed by atoms with Crippen molar-refractivity contribution in [3.63, 3.8) is 0 Å². The molecule has 0 aliphatic rings. The molecule has 0 saturated carbocycles. The van der Waals surface area contributed by atoms with Crippen molar-refractivity contribution in [1.29, 1.82) is 0 Å². The van der Waals surface area contributed by atoms with Crippen molar-refractivity contribution in [1.82, 2.24) is 9.97 Å². The SMILES string of the molecule is Cc1ncnc(NCC(C)(C)CCCl)c1F. The summed E-state index contributed by atoms with van der Waals surface area (Å²) in [7, 11) is 0. The lowest BCUT2D eigenvalue weighted by Gasteiger charge is -2.24. The molecule has 16 heavy (non-hydrogen) atoms. The van der Waals surface area contributed by atoms with E-state index < -0.39 is 0 Å². The number of halogens is 2. The monoisotopic (exact) mass is 245 g/mol. The van der Waals surface area contributed by atoms with Crippen molar-refractivity contribution in [2.24, 2.45) is 5.41 Å². The Morgan fingerprint density at radius 2 is 2.12 bits per heavy atom. The fraction of sp³-hybridized carbons (Fsp3) is 0.636. The first-order chi connectivity index (χ1) is 7.46. The van der Waals surface area contributed by atoms with Crippen molar-refractivity contribution in [2.75, 3.05) is 17.7 Å². The summed E-state index contributed by atoms with van der Waals surface area (Å²) in [6.07, 6.45) is 2.22. The van der Waals surface area contributed by atoms with E-state index in [1.54, 1.807) is 6.92 Å². The molecule has 0 bridgehead atoms. The van der Waals surface area contributed by atoms with Crippen LogP contribution in [0.15, 0.2) is 6.33 Å². The smallest absolute Gasteiger partial charge is 0.186 e. The molecule has 0 atom stereocenters. The van der Waals surface area contributed by atoms with Gasteiger partial charge in [0.1, 0.15) is 6.33 Å². The molecule has 0 amide bonds. The minimum atomic E-state index is -0.385. The number of aromatic nitrogens is 2. The summed E-state index contributed by atoms with van der Waals surface area (Å²) in [5.41, 5.74) is 0.375. The van der Waals surface area contributed by atoms with Crippen molar-refractivity contribution in [2.45, 2.75) is 27.2 Å². The molecule has 0 spiro atoms. The van der Waals surface area contributed by atoms with Crippen LogP contribution >= 0.6 is 11.6 Å². The van der Waals surface area contributed by atoms with Crippen molar-refractivity contribution < 1.29 is 4.39 Å². The van der Waals surface area contributed by atoms with Crippen LogP contribution in [0.1, 0.15) is 26.0 Å². The fourth-order valence-corrected chi connectivity index (χ4v) is 1.76. The highest BCUT2D eigenvalue weighted by molar-refractivity contribution is 6.17. The van der Waals surface area contributed by atoms with E-state index in [0.29, 0.717) is 18.1 Å². The Bertz CT molecular complexity index is 355. The van der Waals surface area contributed by atoms with Gasteiger partial charge in [-0.1, -0.05) is 13.8 Å². The van der Waals surface area contributed by atoms with Gasteiger partial charge in [-0.25, -0.2) is 14.4 Å². The van der Waals surface area contributed by atoms with Gasteiger partial charge in [-0.05, 0) is 18.8 Å². The second-order valence-electron chi connectivity index (χ2n) is 4.58. The Morgan fingerprint density at radius 1 is 1.44 bits per heavy atom. The topological polar surface area (TPSA) is 37.8 Å². The van der Waals surface area contributed by atoms with Gasteiger partial charge in [-0.15, -0.1) is 11.6 Å². The van der Waals surface area contributed by atoms with E-state index in [1.165, 1.54) is 6.33 Å². The number of aryl methyl sites for hydroxylation is 1. The lowest BCUT2D eigenvalue weighted by Crippen LogP contribution is -2.24. The predicted octanol–water partition coefficient (Wildman–Crippen LogP) is 2.99. The normalized spacial score (nSPS) is 11.6. The maximum atomic E-state index is 13.5. The van der Waals surface area contributed by atoms with E-state index in [-0.39, 0.29) is 17.1 Å². The third-order valence-electron chi connectivity index (χ3n) is 2.47. The van der Waals surface area contributed by atoms with Crippen LogP contribution in [0.4, 0.5) is 10.2 Å². The van der Waals surface area contributed by atoms with Crippen LogP contribution in [0, 0.1) is 18.2 Å². The summed E-state index contributed by atoms with van der Waals surface area (Å²) in [6.45, 7) is 6.40. The average molecular weight is 246 g/mol. The molecular formula is C11H17ClFN3. The molecular weight excluding hydrogens is 229 g/mol. The first-order valence-electron chi connectivity index (χ1n) is 5.23. The largest absolute Gasteiger partial charge is 0.367 e. The second kappa shape index (κ2) is 5.43. The maximum absolute atomic E-state index is 13.5. The first kappa shape index (κ1) is 13.2. The first-order valence-corrected chi connectivity index (χ1v) is 5.77. The number of alkyl halides is 1. The molecule has 1 N–H and O–H groups in total. The zero-order valence-electron chi connectivity index (χ0n) is 9.85. The zero-order valence-corrected chi connectivity index (χ0v) is 10.6. The van der Waals surface area contributed by atoms with Crippen molar-refractivity contribution >= 4 is 17.4 Å². The average Bonchev–Trinajstić information content (AvgIpc) is 2.20. The Kier molecular flexibility index (Phi) is 4.47. The molecule has 1 heterocycles. The summed E-state index contributed by atoms with van der Waals surface area (Å²) in [5, 5.41) is 2.99. The summed E-state index contributed by atoms with van der Waals surface area (Å²) in [4.78, 5) is 7.64. The highest BCUT2D eigenvalue weighted by Gasteiger charge is 2.18. The molecule has 1 rings (SSSR count). The van der Waals surface area contributed by atoms with Crippen LogP contribution in [0.5, 0.6) is 0 Å². The summed E-state index contributed by atoms with van der Waals surface area (Å²) >= 11 is 5.70. The number of nitrogens with one attached hydrogen (secondary N) is 1. The quantitative estimate of drug-likeness (QED) is 0.811. The molecule has 0 aliphatic carbocycles. The van der Waals surface area contributed by atoms with Gasteiger partial charge in [0.05, 0.1) is 5.69 Å². The van der Waals surface area contributed by atoms with Gasteiger partial charge in [0.2, 0.25) is 0 Å². The number of hydrogen-bond acceptors (Lipinski definition) is 3. The predicted molar refractivity (Wildman–Crippen MR) is 64.3 cm³/mol. The maximum Gasteiger partial charge on any atom is 0.186 e. The standard InChI is InChI=1S/C11H17ClFN3/c1-8-9(13)10(16-7-15-8)14-6-11(2,3)4-5-12/h7H,4-6H2,1-3H3,(H,14,15,16). The lowest BCUT2D eigenvalue weighted by molar-refractivity contribution is 0.378. The molecule has 0 saturated heterocycles. The highest BCUT2D eigenvalue weighted by Crippen LogP contribution is 2.22. The molecule has 3 nitrogen and oxygen atoms in total. The van der Waals surface area contributed by atoms with Crippen LogP contribution in [-0.2, 0) is 0 Å². The molecule has 0 aliphatic heterocycles. The number of anilines is 1. The summed E-state index contributed by atoms with van der Waals surface area (Å²) in [5.74, 6) is 0.472. The van der Waals surface area contributed by atoms with Crippen LogP contribution in [0.2, 0.25) is 0 Å². The molecule has 0 radical (unpaired) electrons. The van der Waals surface area contributed by atoms with Gasteiger partial charge in [-0.2, -0.15) is 0 Å². The van der Waals surface area contributed by atoms with Crippen molar-refractivity contribution in [3.05, 3.63) is 17.8 Å². The summed E-state index contributed by atoms with van der Waals surface area (Å²) < 4.78 is 13.5. The minimum absolute atomic E-state index is 0.0209. The molecule has 0 unspecified atom stereocenters. The van der Waals surface area contributed by atoms with Crippen LogP contribution < -0.4 is 5.32 Å². The molecule has 1 aromatic rings. The van der Waals surface area contributed by atoms with Crippen LogP contribution in [0.25, 0.3) is 0 Å². The highest BCUT2D eigenvalue weighted by atomic mass is 35.5. The van der Waals surface area contributed by atoms with Gasteiger partial charge in [0, 0.05) is 12.4 Å². The second-order valence-corrected chi connectivity index (χ2v) is 4.96. The molecule has 5 heteroatoms. The van der Waals surface area contributed by atoms with E-state index in [4.69, 9.17) is 11.6 Å². The Hall–Kier alpha value is -0.900. The fourth-order valence-electron chi connectivity index (χ4n) is 1.25. The van der Waals surface area contributed by atoms with E-state index in [9.17, 15) is 4.39 Å². The third kappa shape index (κ3) is 3.59. The third-order valence-corrected chi connectivity index (χ3v) is 2.66. The van der Waals surface area contributed by atoms with Gasteiger partial charge in [0.25, 0.3) is 0 Å². The zero-order chi connectivity index (χ0) is 12.2.